The van der Waals surface area contributed by atoms with Crippen molar-refractivity contribution in [2.24, 2.45) is 0 Å². The second kappa shape index (κ2) is 5.36. The third-order valence-electron chi connectivity index (χ3n) is 2.82. The second-order valence-electron chi connectivity index (χ2n) is 4.22. The van der Waals surface area contributed by atoms with E-state index in [-0.39, 0.29) is 29.6 Å². The Balaban J connectivity index is 2.38. The van der Waals surface area contributed by atoms with Gasteiger partial charge in [0.1, 0.15) is 4.90 Å². The van der Waals surface area contributed by atoms with Crippen LogP contribution in [0.5, 0.6) is 0 Å². The Bertz CT molecular complexity index is 603. The van der Waals surface area contributed by atoms with Gasteiger partial charge in [-0.2, -0.15) is 4.31 Å². The molecule has 0 aliphatic carbocycles. The molecule has 1 heterocycles. The van der Waals surface area contributed by atoms with Crippen molar-refractivity contribution < 1.29 is 13.2 Å². The van der Waals surface area contributed by atoms with E-state index in [1.54, 1.807) is 0 Å². The van der Waals surface area contributed by atoms with E-state index in [9.17, 15) is 13.2 Å². The minimum Gasteiger partial charge on any atom is -0.398 e. The van der Waals surface area contributed by atoms with Crippen molar-refractivity contribution in [1.82, 2.24) is 9.62 Å². The summed E-state index contributed by atoms with van der Waals surface area (Å²) in [7, 11) is -3.78. The molecule has 1 fully saturated rings. The Kier molecular flexibility index (Phi) is 3.98. The van der Waals surface area contributed by atoms with Crippen molar-refractivity contribution >= 4 is 33.2 Å². The smallest absolute Gasteiger partial charge is 0.245 e. The summed E-state index contributed by atoms with van der Waals surface area (Å²) in [4.78, 5) is 11.4. The highest BCUT2D eigenvalue weighted by atomic mass is 35.5. The Morgan fingerprint density at radius 1 is 1.37 bits per heavy atom. The molecule has 0 aromatic heterocycles. The van der Waals surface area contributed by atoms with Crippen LogP contribution >= 0.6 is 11.6 Å². The van der Waals surface area contributed by atoms with Gasteiger partial charge in [0.05, 0.1) is 12.2 Å². The highest BCUT2D eigenvalue weighted by molar-refractivity contribution is 7.89. The lowest BCUT2D eigenvalue weighted by atomic mass is 10.3. The predicted molar refractivity (Wildman–Crippen MR) is 72.2 cm³/mol. The summed E-state index contributed by atoms with van der Waals surface area (Å²) < 4.78 is 26.0. The van der Waals surface area contributed by atoms with Crippen LogP contribution in [0.15, 0.2) is 23.1 Å². The Morgan fingerprint density at radius 2 is 2.11 bits per heavy atom. The SMILES string of the molecule is Nc1cc(Cl)ccc1S(=O)(=O)N1CCCNC(=O)C1. The van der Waals surface area contributed by atoms with Gasteiger partial charge in [0.2, 0.25) is 15.9 Å². The van der Waals surface area contributed by atoms with Gasteiger partial charge in [0.25, 0.3) is 0 Å². The summed E-state index contributed by atoms with van der Waals surface area (Å²) in [6, 6.07) is 4.20. The zero-order valence-electron chi connectivity index (χ0n) is 10.1. The van der Waals surface area contributed by atoms with Gasteiger partial charge in [-0.05, 0) is 24.6 Å². The number of nitrogen functional groups attached to an aromatic ring is 1. The van der Waals surface area contributed by atoms with Crippen molar-refractivity contribution in [1.29, 1.82) is 0 Å². The standard InChI is InChI=1S/C11H14ClN3O3S/c12-8-2-3-10(9(13)6-8)19(17,18)15-5-1-4-14-11(16)7-15/h2-3,6H,1,4-5,7,13H2,(H,14,16). The van der Waals surface area contributed by atoms with E-state index in [2.05, 4.69) is 5.32 Å². The molecular weight excluding hydrogens is 290 g/mol. The van der Waals surface area contributed by atoms with Crippen molar-refractivity contribution in [3.8, 4) is 0 Å². The van der Waals surface area contributed by atoms with Gasteiger partial charge < -0.3 is 11.1 Å². The van der Waals surface area contributed by atoms with Gasteiger partial charge in [-0.1, -0.05) is 11.6 Å². The molecule has 1 aromatic rings. The zero-order chi connectivity index (χ0) is 14.0. The molecule has 0 bridgehead atoms. The fourth-order valence-corrected chi connectivity index (χ4v) is 3.59. The lowest BCUT2D eigenvalue weighted by Gasteiger charge is -2.19. The number of nitrogens with zero attached hydrogens (tertiary/aromatic N) is 1. The van der Waals surface area contributed by atoms with Gasteiger partial charge in [0.15, 0.2) is 0 Å². The normalized spacial score (nSPS) is 17.8. The van der Waals surface area contributed by atoms with Gasteiger partial charge in [-0.3, -0.25) is 4.79 Å². The van der Waals surface area contributed by atoms with Crippen molar-refractivity contribution in [3.63, 3.8) is 0 Å². The molecule has 0 unspecified atom stereocenters. The fourth-order valence-electron chi connectivity index (χ4n) is 1.88. The lowest BCUT2D eigenvalue weighted by Crippen LogP contribution is -2.37. The largest absolute Gasteiger partial charge is 0.398 e. The number of nitrogens with one attached hydrogen (secondary N) is 1. The molecule has 1 saturated heterocycles. The van der Waals surface area contributed by atoms with E-state index in [0.717, 1.165) is 4.31 Å². The summed E-state index contributed by atoms with van der Waals surface area (Å²) >= 11 is 5.75. The quantitative estimate of drug-likeness (QED) is 0.775. The molecule has 19 heavy (non-hydrogen) atoms. The molecule has 6 nitrogen and oxygen atoms in total. The topological polar surface area (TPSA) is 92.5 Å². The highest BCUT2D eigenvalue weighted by Gasteiger charge is 2.29. The van der Waals surface area contributed by atoms with Gasteiger partial charge in [-0.25, -0.2) is 8.42 Å². The van der Waals surface area contributed by atoms with E-state index in [4.69, 9.17) is 17.3 Å². The molecule has 0 saturated carbocycles. The number of hydrogen-bond acceptors (Lipinski definition) is 4. The average molecular weight is 304 g/mol. The van der Waals surface area contributed by atoms with E-state index in [1.165, 1.54) is 18.2 Å². The molecule has 0 atom stereocenters. The predicted octanol–water partition coefficient (Wildman–Crippen LogP) is 0.433. The molecule has 8 heteroatoms. The van der Waals surface area contributed by atoms with E-state index >= 15 is 0 Å². The number of hydrogen-bond donors (Lipinski definition) is 2. The van der Waals surface area contributed by atoms with Crippen molar-refractivity contribution in [2.75, 3.05) is 25.4 Å². The van der Waals surface area contributed by atoms with Crippen LogP contribution in [-0.2, 0) is 14.8 Å². The first kappa shape index (κ1) is 14.1. The van der Waals surface area contributed by atoms with Gasteiger partial charge in [0, 0.05) is 18.1 Å². The molecule has 2 rings (SSSR count). The molecule has 1 aliphatic heterocycles. The number of nitrogens with two attached hydrogens (primary N) is 1. The van der Waals surface area contributed by atoms with Crippen LogP contribution in [-0.4, -0.2) is 38.3 Å². The van der Waals surface area contributed by atoms with Crippen LogP contribution in [0.2, 0.25) is 5.02 Å². The van der Waals surface area contributed by atoms with E-state index < -0.39 is 10.0 Å². The van der Waals surface area contributed by atoms with Crippen LogP contribution in [0.1, 0.15) is 6.42 Å². The van der Waals surface area contributed by atoms with Crippen LogP contribution in [0.4, 0.5) is 5.69 Å². The fraction of sp³-hybridized carbons (Fsp3) is 0.364. The zero-order valence-corrected chi connectivity index (χ0v) is 11.7. The van der Waals surface area contributed by atoms with Crippen LogP contribution < -0.4 is 11.1 Å². The van der Waals surface area contributed by atoms with Gasteiger partial charge >= 0.3 is 0 Å². The number of rotatable bonds is 2. The maximum Gasteiger partial charge on any atom is 0.245 e. The number of sulfonamides is 1. The Hall–Kier alpha value is -1.31. The van der Waals surface area contributed by atoms with Crippen LogP contribution in [0, 0.1) is 0 Å². The molecular formula is C11H14ClN3O3S. The third kappa shape index (κ3) is 2.99. The average Bonchev–Trinajstić information content (AvgIpc) is 2.53. The summed E-state index contributed by atoms with van der Waals surface area (Å²) in [6.07, 6.45) is 0.568. The maximum absolute atomic E-state index is 12.4. The van der Waals surface area contributed by atoms with Crippen LogP contribution in [0.25, 0.3) is 0 Å². The van der Waals surface area contributed by atoms with Crippen molar-refractivity contribution in [3.05, 3.63) is 23.2 Å². The summed E-state index contributed by atoms with van der Waals surface area (Å²) in [6.45, 7) is 0.564. The minimum atomic E-state index is -3.78. The lowest BCUT2D eigenvalue weighted by molar-refractivity contribution is -0.120. The molecule has 1 amide bonds. The molecule has 3 N–H and O–H groups in total. The van der Waals surface area contributed by atoms with Crippen LogP contribution in [0.3, 0.4) is 0 Å². The number of carbonyl (C=O) groups excluding carboxylic acids is 1. The number of benzene rings is 1. The summed E-state index contributed by atoms with van der Waals surface area (Å²) in [5, 5.41) is 2.99. The Labute approximate surface area is 116 Å². The number of halogens is 1. The van der Waals surface area contributed by atoms with Gasteiger partial charge in [-0.15, -0.1) is 0 Å². The summed E-state index contributed by atoms with van der Waals surface area (Å²) in [5.41, 5.74) is 5.78. The number of anilines is 1. The Morgan fingerprint density at radius 3 is 2.79 bits per heavy atom. The number of amides is 1. The third-order valence-corrected chi connectivity index (χ3v) is 4.97. The van der Waals surface area contributed by atoms with Crippen molar-refractivity contribution in [2.45, 2.75) is 11.3 Å². The highest BCUT2D eigenvalue weighted by Crippen LogP contribution is 2.25. The minimum absolute atomic E-state index is 0.0217. The molecule has 0 radical (unpaired) electrons. The molecule has 0 spiro atoms. The second-order valence-corrected chi connectivity index (χ2v) is 6.57. The van der Waals surface area contributed by atoms with E-state index in [1.807, 2.05) is 0 Å². The molecule has 1 aromatic carbocycles. The first-order valence-corrected chi connectivity index (χ1v) is 7.55. The maximum atomic E-state index is 12.4. The van der Waals surface area contributed by atoms with E-state index in [0.29, 0.717) is 18.0 Å². The first-order valence-electron chi connectivity index (χ1n) is 5.73. The molecule has 1 aliphatic rings. The first-order chi connectivity index (χ1) is 8.91. The number of carbonyl (C=O) groups is 1. The summed E-state index contributed by atoms with van der Waals surface area (Å²) in [5.74, 6) is -0.311. The monoisotopic (exact) mass is 303 g/mol. The molecule has 104 valence electrons.